The maximum Gasteiger partial charge on any atom is 0.261 e. The molecule has 1 aromatic rings. The van der Waals surface area contributed by atoms with E-state index in [4.69, 9.17) is 9.84 Å². The Labute approximate surface area is 122 Å². The monoisotopic (exact) mass is 301 g/mol. The van der Waals surface area contributed by atoms with Crippen molar-refractivity contribution < 1.29 is 19.0 Å². The predicted molar refractivity (Wildman–Crippen MR) is 78.5 cm³/mol. The summed E-state index contributed by atoms with van der Waals surface area (Å²) in [5, 5.41) is 11.9. The second-order valence-corrected chi connectivity index (χ2v) is 5.55. The molecule has 3 unspecified atom stereocenters. The van der Waals surface area contributed by atoms with E-state index in [-0.39, 0.29) is 23.8 Å². The van der Waals surface area contributed by atoms with E-state index in [0.717, 1.165) is 0 Å². The zero-order chi connectivity index (χ0) is 15.1. The molecule has 20 heavy (non-hydrogen) atoms. The molecule has 0 fully saturated rings. The second kappa shape index (κ2) is 8.11. The maximum absolute atomic E-state index is 13.0. The Bertz CT molecular complexity index is 440. The first kappa shape index (κ1) is 16.8. The van der Waals surface area contributed by atoms with Crippen LogP contribution in [0.2, 0.25) is 0 Å². The van der Waals surface area contributed by atoms with Crippen LogP contribution in [0.4, 0.5) is 4.39 Å². The third-order valence-electron chi connectivity index (χ3n) is 2.89. The smallest absolute Gasteiger partial charge is 0.261 e. The minimum Gasteiger partial charge on any atom is -0.481 e. The molecule has 0 radical (unpaired) electrons. The van der Waals surface area contributed by atoms with E-state index >= 15 is 0 Å². The van der Waals surface area contributed by atoms with Gasteiger partial charge in [0.05, 0.1) is 6.61 Å². The number of halogens is 1. The average Bonchev–Trinajstić information content (AvgIpc) is 2.40. The summed E-state index contributed by atoms with van der Waals surface area (Å²) in [5.74, 6) is -0.399. The van der Waals surface area contributed by atoms with Crippen molar-refractivity contribution in [3.8, 4) is 5.75 Å². The van der Waals surface area contributed by atoms with Crippen LogP contribution in [0, 0.1) is 5.82 Å². The molecule has 0 saturated carbocycles. The number of amides is 1. The van der Waals surface area contributed by atoms with E-state index < -0.39 is 11.9 Å². The van der Waals surface area contributed by atoms with E-state index in [0.29, 0.717) is 5.75 Å². The highest BCUT2D eigenvalue weighted by Crippen LogP contribution is 2.14. The molecule has 0 aliphatic heterocycles. The van der Waals surface area contributed by atoms with Crippen LogP contribution in [0.3, 0.4) is 0 Å². The summed E-state index contributed by atoms with van der Waals surface area (Å²) in [7, 11) is 0. The molecule has 0 saturated heterocycles. The summed E-state index contributed by atoms with van der Waals surface area (Å²) in [4.78, 5) is 12.0. The van der Waals surface area contributed by atoms with Crippen molar-refractivity contribution in [3.05, 3.63) is 30.1 Å². The molecule has 1 aromatic carbocycles. The van der Waals surface area contributed by atoms with Gasteiger partial charge < -0.3 is 15.2 Å². The lowest BCUT2D eigenvalue weighted by Gasteiger charge is -2.23. The molecule has 4 nitrogen and oxygen atoms in total. The Kier molecular flexibility index (Phi) is 6.81. The zero-order valence-electron chi connectivity index (χ0n) is 11.8. The van der Waals surface area contributed by atoms with Gasteiger partial charge in [-0.3, -0.25) is 4.79 Å². The van der Waals surface area contributed by atoms with Crippen LogP contribution < -0.4 is 10.1 Å². The summed E-state index contributed by atoms with van der Waals surface area (Å²) in [6.07, 6.45) is 1.14. The molecule has 2 N–H and O–H groups in total. The van der Waals surface area contributed by atoms with Gasteiger partial charge in [-0.2, -0.15) is 11.8 Å². The molecular formula is C14H20FNO3S. The molecular weight excluding hydrogens is 281 g/mol. The number of rotatable bonds is 7. The lowest BCUT2D eigenvalue weighted by molar-refractivity contribution is -0.127. The Morgan fingerprint density at radius 3 is 2.75 bits per heavy atom. The van der Waals surface area contributed by atoms with Crippen molar-refractivity contribution in [1.82, 2.24) is 5.32 Å². The van der Waals surface area contributed by atoms with Gasteiger partial charge in [-0.05, 0) is 32.2 Å². The third kappa shape index (κ3) is 5.02. The molecule has 0 heterocycles. The first-order chi connectivity index (χ1) is 9.47. The molecule has 1 rings (SSSR count). The molecule has 6 heteroatoms. The predicted octanol–water partition coefficient (Wildman–Crippen LogP) is 1.82. The van der Waals surface area contributed by atoms with Gasteiger partial charge in [0, 0.05) is 17.4 Å². The number of hydrogen-bond acceptors (Lipinski definition) is 4. The number of nitrogens with one attached hydrogen (secondary N) is 1. The largest absolute Gasteiger partial charge is 0.481 e. The van der Waals surface area contributed by atoms with Gasteiger partial charge >= 0.3 is 0 Å². The van der Waals surface area contributed by atoms with Gasteiger partial charge in [-0.25, -0.2) is 4.39 Å². The fourth-order valence-corrected chi connectivity index (χ4v) is 2.29. The summed E-state index contributed by atoms with van der Waals surface area (Å²) in [6.45, 7) is 3.41. The Balaban J connectivity index is 2.55. The second-order valence-electron chi connectivity index (χ2n) is 4.47. The quantitative estimate of drug-likeness (QED) is 0.806. The van der Waals surface area contributed by atoms with Gasteiger partial charge in [0.2, 0.25) is 0 Å². The molecule has 0 aliphatic carbocycles. The van der Waals surface area contributed by atoms with Crippen molar-refractivity contribution in [3.63, 3.8) is 0 Å². The Hall–Kier alpha value is -1.27. The lowest BCUT2D eigenvalue weighted by atomic mass is 10.2. The number of benzene rings is 1. The Morgan fingerprint density at radius 1 is 1.50 bits per heavy atom. The van der Waals surface area contributed by atoms with Gasteiger partial charge in [-0.15, -0.1) is 0 Å². The molecule has 0 bridgehead atoms. The van der Waals surface area contributed by atoms with Crippen molar-refractivity contribution in [1.29, 1.82) is 0 Å². The number of carbonyl (C=O) groups excluding carboxylic acids is 1. The van der Waals surface area contributed by atoms with E-state index in [1.54, 1.807) is 13.0 Å². The van der Waals surface area contributed by atoms with Crippen molar-refractivity contribution in [2.24, 2.45) is 0 Å². The zero-order valence-corrected chi connectivity index (χ0v) is 12.6. The maximum atomic E-state index is 13.0. The van der Waals surface area contributed by atoms with Gasteiger partial charge in [-0.1, -0.05) is 6.07 Å². The van der Waals surface area contributed by atoms with Gasteiger partial charge in [0.25, 0.3) is 5.91 Å². The van der Waals surface area contributed by atoms with Gasteiger partial charge in [0.1, 0.15) is 11.6 Å². The molecule has 0 spiro atoms. The highest BCUT2D eigenvalue weighted by Gasteiger charge is 2.21. The van der Waals surface area contributed by atoms with E-state index in [9.17, 15) is 9.18 Å². The average molecular weight is 301 g/mol. The fourth-order valence-electron chi connectivity index (χ4n) is 1.67. The van der Waals surface area contributed by atoms with Crippen LogP contribution >= 0.6 is 11.8 Å². The van der Waals surface area contributed by atoms with E-state index in [1.165, 1.54) is 30.0 Å². The topological polar surface area (TPSA) is 58.6 Å². The van der Waals surface area contributed by atoms with Crippen LogP contribution in [0.15, 0.2) is 24.3 Å². The van der Waals surface area contributed by atoms with Crippen molar-refractivity contribution in [2.45, 2.75) is 31.2 Å². The lowest BCUT2D eigenvalue weighted by Crippen LogP contribution is -2.46. The van der Waals surface area contributed by atoms with Crippen LogP contribution in [-0.2, 0) is 4.79 Å². The summed E-state index contributed by atoms with van der Waals surface area (Å²) in [6, 6.07) is 5.47. The number of hydrogen-bond donors (Lipinski definition) is 2. The minimum absolute atomic E-state index is 0.0122. The third-order valence-corrected chi connectivity index (χ3v) is 4.05. The van der Waals surface area contributed by atoms with E-state index in [2.05, 4.69) is 5.32 Å². The van der Waals surface area contributed by atoms with Crippen LogP contribution in [0.1, 0.15) is 13.8 Å². The normalized spacial score (nSPS) is 15.2. The molecule has 0 aliphatic rings. The number of thioether (sulfide) groups is 1. The highest BCUT2D eigenvalue weighted by atomic mass is 32.2. The van der Waals surface area contributed by atoms with Crippen molar-refractivity contribution >= 4 is 17.7 Å². The molecule has 3 atom stereocenters. The fraction of sp³-hybridized carbons (Fsp3) is 0.500. The first-order valence-corrected chi connectivity index (χ1v) is 7.63. The van der Waals surface area contributed by atoms with Crippen LogP contribution in [-0.4, -0.2) is 41.3 Å². The summed E-state index contributed by atoms with van der Waals surface area (Å²) in [5.41, 5.74) is 0. The standard InChI is InChI=1S/C14H20FNO3S/c1-9(13(8-17)20-3)16-14(18)10(2)19-12-6-4-5-11(15)7-12/h4-7,9-10,13,17H,8H2,1-3H3,(H,16,18). The summed E-state index contributed by atoms with van der Waals surface area (Å²) >= 11 is 1.48. The SMILES string of the molecule is CSC(CO)C(C)NC(=O)C(C)Oc1cccc(F)c1. The van der Waals surface area contributed by atoms with Crippen LogP contribution in [0.25, 0.3) is 0 Å². The Morgan fingerprint density at radius 2 is 2.20 bits per heavy atom. The highest BCUT2D eigenvalue weighted by molar-refractivity contribution is 7.99. The van der Waals surface area contributed by atoms with E-state index in [1.807, 2.05) is 13.2 Å². The minimum atomic E-state index is -0.736. The van der Waals surface area contributed by atoms with Crippen LogP contribution in [0.5, 0.6) is 5.75 Å². The van der Waals surface area contributed by atoms with Gasteiger partial charge in [0.15, 0.2) is 6.10 Å². The number of aliphatic hydroxyl groups is 1. The van der Waals surface area contributed by atoms with Crippen molar-refractivity contribution in [2.75, 3.05) is 12.9 Å². The summed E-state index contributed by atoms with van der Waals surface area (Å²) < 4.78 is 18.4. The molecule has 0 aromatic heterocycles. The molecule has 112 valence electrons. The molecule has 1 amide bonds. The first-order valence-electron chi connectivity index (χ1n) is 6.34. The number of carbonyl (C=O) groups is 1. The number of aliphatic hydroxyl groups excluding tert-OH is 1. The number of ether oxygens (including phenoxy) is 1.